The van der Waals surface area contributed by atoms with E-state index in [9.17, 15) is 0 Å². The van der Waals surface area contributed by atoms with E-state index in [0.29, 0.717) is 17.9 Å². The van der Waals surface area contributed by atoms with E-state index in [1.54, 1.807) is 0 Å². The van der Waals surface area contributed by atoms with Gasteiger partial charge < -0.3 is 10.5 Å². The highest BCUT2D eigenvalue weighted by Gasteiger charge is 2.31. The fraction of sp³-hybridized carbons (Fsp3) is 0.625. The van der Waals surface area contributed by atoms with Gasteiger partial charge in [-0.3, -0.25) is 4.90 Å². The van der Waals surface area contributed by atoms with Gasteiger partial charge in [0.15, 0.2) is 0 Å². The highest BCUT2D eigenvalue weighted by atomic mass is 32.2. The molecule has 1 atom stereocenters. The molecule has 1 fully saturated rings. The molecule has 0 spiro atoms. The quantitative estimate of drug-likeness (QED) is 0.906. The summed E-state index contributed by atoms with van der Waals surface area (Å²) < 4.78 is 5.91. The van der Waals surface area contributed by atoms with E-state index in [0.717, 1.165) is 18.8 Å². The standard InChI is InChI=1S/C16H26N2OS/c1-4-19-14-7-5-6-13(10-14)15(11-17)18-8-9-20-16(2,3)12-18/h5-7,10,15H,4,8-9,11-12,17H2,1-3H3. The normalized spacial score (nSPS) is 20.6. The molecule has 0 aliphatic carbocycles. The molecule has 0 amide bonds. The molecule has 1 aliphatic heterocycles. The van der Waals surface area contributed by atoms with E-state index >= 15 is 0 Å². The van der Waals surface area contributed by atoms with Gasteiger partial charge in [0.1, 0.15) is 5.75 Å². The van der Waals surface area contributed by atoms with Gasteiger partial charge in [0.05, 0.1) is 6.61 Å². The predicted octanol–water partition coefficient (Wildman–Crippen LogP) is 2.91. The van der Waals surface area contributed by atoms with Crippen molar-refractivity contribution in [3.63, 3.8) is 0 Å². The van der Waals surface area contributed by atoms with Gasteiger partial charge in [-0.2, -0.15) is 11.8 Å². The molecule has 112 valence electrons. The average Bonchev–Trinajstić information content (AvgIpc) is 2.39. The number of thioether (sulfide) groups is 1. The van der Waals surface area contributed by atoms with E-state index in [4.69, 9.17) is 10.5 Å². The Hall–Kier alpha value is -0.710. The van der Waals surface area contributed by atoms with Crippen molar-refractivity contribution in [3.05, 3.63) is 29.8 Å². The second kappa shape index (κ2) is 6.83. The summed E-state index contributed by atoms with van der Waals surface area (Å²) >= 11 is 2.05. The van der Waals surface area contributed by atoms with Crippen molar-refractivity contribution in [3.8, 4) is 5.75 Å². The molecule has 0 radical (unpaired) electrons. The van der Waals surface area contributed by atoms with Gasteiger partial charge in [-0.15, -0.1) is 0 Å². The summed E-state index contributed by atoms with van der Waals surface area (Å²) in [6.07, 6.45) is 0. The SMILES string of the molecule is CCOc1cccc(C(CN)N2CCSC(C)(C)C2)c1. The van der Waals surface area contributed by atoms with Crippen LogP contribution < -0.4 is 10.5 Å². The molecule has 1 aliphatic rings. The smallest absolute Gasteiger partial charge is 0.119 e. The first-order chi connectivity index (χ1) is 9.55. The number of hydrogen-bond acceptors (Lipinski definition) is 4. The van der Waals surface area contributed by atoms with Crippen molar-refractivity contribution >= 4 is 11.8 Å². The Kier molecular flexibility index (Phi) is 5.35. The van der Waals surface area contributed by atoms with Crippen LogP contribution >= 0.6 is 11.8 Å². The monoisotopic (exact) mass is 294 g/mol. The van der Waals surface area contributed by atoms with Crippen LogP contribution in [0.5, 0.6) is 5.75 Å². The van der Waals surface area contributed by atoms with E-state index in [2.05, 4.69) is 48.7 Å². The summed E-state index contributed by atoms with van der Waals surface area (Å²) in [4.78, 5) is 2.52. The molecule has 0 saturated carbocycles. The van der Waals surface area contributed by atoms with E-state index in [1.807, 2.05) is 13.0 Å². The topological polar surface area (TPSA) is 38.5 Å². The van der Waals surface area contributed by atoms with Gasteiger partial charge in [-0.05, 0) is 38.5 Å². The molecule has 2 rings (SSSR count). The summed E-state index contributed by atoms with van der Waals surface area (Å²) in [5.74, 6) is 2.11. The van der Waals surface area contributed by atoms with Crippen LogP contribution in [0, 0.1) is 0 Å². The Bertz CT molecular complexity index is 436. The number of hydrogen-bond donors (Lipinski definition) is 1. The summed E-state index contributed by atoms with van der Waals surface area (Å²) in [7, 11) is 0. The van der Waals surface area contributed by atoms with Crippen LogP contribution in [0.2, 0.25) is 0 Å². The molecule has 4 heteroatoms. The van der Waals surface area contributed by atoms with Crippen molar-refractivity contribution in [2.24, 2.45) is 5.73 Å². The number of nitrogens with zero attached hydrogens (tertiary/aromatic N) is 1. The number of rotatable bonds is 5. The third-order valence-corrected chi connectivity index (χ3v) is 4.97. The first-order valence-electron chi connectivity index (χ1n) is 7.36. The lowest BCUT2D eigenvalue weighted by Crippen LogP contribution is -2.46. The molecular formula is C16H26N2OS. The Morgan fingerprint density at radius 2 is 2.25 bits per heavy atom. The van der Waals surface area contributed by atoms with Gasteiger partial charge in [0.2, 0.25) is 0 Å². The van der Waals surface area contributed by atoms with Crippen LogP contribution in [0.4, 0.5) is 0 Å². The highest BCUT2D eigenvalue weighted by molar-refractivity contribution is 8.00. The van der Waals surface area contributed by atoms with E-state index < -0.39 is 0 Å². The molecule has 1 unspecified atom stereocenters. The molecule has 20 heavy (non-hydrogen) atoms. The predicted molar refractivity (Wildman–Crippen MR) is 87.5 cm³/mol. The van der Waals surface area contributed by atoms with Crippen molar-refractivity contribution in [1.29, 1.82) is 0 Å². The maximum Gasteiger partial charge on any atom is 0.119 e. The summed E-state index contributed by atoms with van der Waals surface area (Å²) in [5.41, 5.74) is 7.32. The molecule has 1 saturated heterocycles. The van der Waals surface area contributed by atoms with Crippen LogP contribution in [0.1, 0.15) is 32.4 Å². The third-order valence-electron chi connectivity index (χ3n) is 3.67. The third kappa shape index (κ3) is 3.90. The fourth-order valence-corrected chi connectivity index (χ4v) is 3.93. The van der Waals surface area contributed by atoms with Gasteiger partial charge >= 0.3 is 0 Å². The minimum absolute atomic E-state index is 0.288. The van der Waals surface area contributed by atoms with Crippen molar-refractivity contribution in [2.75, 3.05) is 32.0 Å². The van der Waals surface area contributed by atoms with Crippen LogP contribution in [0.25, 0.3) is 0 Å². The van der Waals surface area contributed by atoms with Gasteiger partial charge in [0.25, 0.3) is 0 Å². The zero-order chi connectivity index (χ0) is 14.6. The van der Waals surface area contributed by atoms with Gasteiger partial charge in [-0.1, -0.05) is 12.1 Å². The largest absolute Gasteiger partial charge is 0.494 e. The second-order valence-corrected chi connectivity index (χ2v) is 7.64. The molecule has 1 heterocycles. The zero-order valence-corrected chi connectivity index (χ0v) is 13.6. The highest BCUT2D eigenvalue weighted by Crippen LogP contribution is 2.34. The Morgan fingerprint density at radius 1 is 1.45 bits per heavy atom. The Balaban J connectivity index is 2.16. The summed E-state index contributed by atoms with van der Waals surface area (Å²) in [6.45, 7) is 10.2. The van der Waals surface area contributed by atoms with E-state index in [-0.39, 0.29) is 6.04 Å². The second-order valence-electron chi connectivity index (χ2n) is 5.84. The number of nitrogens with two attached hydrogens (primary N) is 1. The number of ether oxygens (including phenoxy) is 1. The minimum Gasteiger partial charge on any atom is -0.494 e. The Labute approximate surface area is 126 Å². The van der Waals surface area contributed by atoms with Crippen molar-refractivity contribution in [1.82, 2.24) is 4.90 Å². The molecule has 1 aromatic rings. The Morgan fingerprint density at radius 3 is 2.90 bits per heavy atom. The van der Waals surface area contributed by atoms with Crippen LogP contribution in [0.3, 0.4) is 0 Å². The first kappa shape index (κ1) is 15.7. The van der Waals surface area contributed by atoms with Crippen LogP contribution in [-0.4, -0.2) is 41.6 Å². The molecule has 0 aromatic heterocycles. The van der Waals surface area contributed by atoms with Gasteiger partial charge in [-0.25, -0.2) is 0 Å². The molecule has 0 bridgehead atoms. The first-order valence-corrected chi connectivity index (χ1v) is 8.35. The van der Waals surface area contributed by atoms with Crippen LogP contribution in [0.15, 0.2) is 24.3 Å². The van der Waals surface area contributed by atoms with Crippen molar-refractivity contribution < 1.29 is 4.74 Å². The molecule has 3 nitrogen and oxygen atoms in total. The average molecular weight is 294 g/mol. The lowest BCUT2D eigenvalue weighted by atomic mass is 10.0. The van der Waals surface area contributed by atoms with E-state index in [1.165, 1.54) is 11.3 Å². The molecule has 2 N–H and O–H groups in total. The molecular weight excluding hydrogens is 268 g/mol. The summed E-state index contributed by atoms with van der Waals surface area (Å²) in [6, 6.07) is 8.66. The zero-order valence-electron chi connectivity index (χ0n) is 12.8. The van der Waals surface area contributed by atoms with Crippen LogP contribution in [-0.2, 0) is 0 Å². The lowest BCUT2D eigenvalue weighted by Gasteiger charge is -2.41. The molecule has 1 aromatic carbocycles. The maximum atomic E-state index is 6.06. The number of benzene rings is 1. The minimum atomic E-state index is 0.288. The van der Waals surface area contributed by atoms with Crippen molar-refractivity contribution in [2.45, 2.75) is 31.6 Å². The fourth-order valence-electron chi connectivity index (χ4n) is 2.79. The lowest BCUT2D eigenvalue weighted by molar-refractivity contribution is 0.192. The van der Waals surface area contributed by atoms with Gasteiger partial charge in [0, 0.05) is 36.2 Å². The maximum absolute atomic E-state index is 6.06. The summed E-state index contributed by atoms with van der Waals surface area (Å²) in [5, 5.41) is 0.